The minimum atomic E-state index is -0.965. The topological polar surface area (TPSA) is 95.7 Å². The number of aliphatic carboxylic acids is 1. The van der Waals surface area contributed by atoms with Crippen molar-refractivity contribution in [2.45, 2.75) is 38.8 Å². The van der Waals surface area contributed by atoms with E-state index in [0.717, 1.165) is 0 Å². The number of aromatic nitrogens is 1. The molecule has 0 radical (unpaired) electrons. The van der Waals surface area contributed by atoms with E-state index in [1.54, 1.807) is 20.0 Å². The Balaban J connectivity index is 1.99. The lowest BCUT2D eigenvalue weighted by Gasteiger charge is -2.23. The number of oxazole rings is 1. The van der Waals surface area contributed by atoms with Crippen molar-refractivity contribution >= 4 is 12.0 Å². The van der Waals surface area contributed by atoms with Gasteiger partial charge in [0.25, 0.3) is 0 Å². The Kier molecular flexibility index (Phi) is 3.73. The summed E-state index contributed by atoms with van der Waals surface area (Å²) in [5.74, 6) is 0.116. The van der Waals surface area contributed by atoms with Crippen molar-refractivity contribution in [3.63, 3.8) is 0 Å². The molecule has 0 bridgehead atoms. The Bertz CT molecular complexity index is 485. The molecule has 1 saturated heterocycles. The number of rotatable bonds is 3. The van der Waals surface area contributed by atoms with E-state index in [-0.39, 0.29) is 0 Å². The van der Waals surface area contributed by atoms with Gasteiger partial charge in [-0.05, 0) is 26.7 Å². The second-order valence-corrected chi connectivity index (χ2v) is 4.67. The smallest absolute Gasteiger partial charge is 0.326 e. The molecule has 7 nitrogen and oxygen atoms in total. The molecule has 1 aliphatic heterocycles. The fourth-order valence-corrected chi connectivity index (χ4v) is 2.17. The van der Waals surface area contributed by atoms with E-state index in [1.165, 1.54) is 4.90 Å². The normalized spacial score (nSPS) is 20.3. The van der Waals surface area contributed by atoms with E-state index in [2.05, 4.69) is 10.3 Å². The molecule has 2 atom stereocenters. The predicted octanol–water partition coefficient (Wildman–Crippen LogP) is 1.30. The quantitative estimate of drug-likeness (QED) is 0.860. The minimum absolute atomic E-state index is 0.392. The van der Waals surface area contributed by atoms with Crippen molar-refractivity contribution in [1.29, 1.82) is 0 Å². The lowest BCUT2D eigenvalue weighted by molar-refractivity contribution is -0.141. The van der Waals surface area contributed by atoms with Gasteiger partial charge < -0.3 is 19.7 Å². The summed E-state index contributed by atoms with van der Waals surface area (Å²) in [6, 6.07) is -1.53. The maximum Gasteiger partial charge on any atom is 0.326 e. The first-order chi connectivity index (χ1) is 8.99. The summed E-state index contributed by atoms with van der Waals surface area (Å²) in [5.41, 5.74) is 0. The van der Waals surface area contributed by atoms with Crippen LogP contribution >= 0.6 is 0 Å². The van der Waals surface area contributed by atoms with Crippen LogP contribution in [0.15, 0.2) is 10.6 Å². The zero-order valence-electron chi connectivity index (χ0n) is 10.9. The van der Waals surface area contributed by atoms with Gasteiger partial charge in [-0.3, -0.25) is 0 Å². The van der Waals surface area contributed by atoms with Crippen LogP contribution in [0.1, 0.15) is 37.5 Å². The molecule has 0 saturated carbocycles. The van der Waals surface area contributed by atoms with Gasteiger partial charge in [-0.15, -0.1) is 0 Å². The van der Waals surface area contributed by atoms with Crippen LogP contribution in [0.25, 0.3) is 0 Å². The van der Waals surface area contributed by atoms with Gasteiger partial charge in [0, 0.05) is 6.54 Å². The number of likely N-dealkylation sites (tertiary alicyclic amines) is 1. The fraction of sp³-hybridized carbons (Fsp3) is 0.583. The first kappa shape index (κ1) is 13.4. The van der Waals surface area contributed by atoms with Crippen LogP contribution in [0.4, 0.5) is 4.79 Å². The third-order valence-electron chi connectivity index (χ3n) is 3.15. The third-order valence-corrected chi connectivity index (χ3v) is 3.15. The molecule has 0 aromatic carbocycles. The van der Waals surface area contributed by atoms with Crippen molar-refractivity contribution < 1.29 is 19.1 Å². The average Bonchev–Trinajstić information content (AvgIpc) is 2.96. The highest BCUT2D eigenvalue weighted by Crippen LogP contribution is 2.19. The molecular weight excluding hydrogens is 250 g/mol. The average molecular weight is 267 g/mol. The van der Waals surface area contributed by atoms with Gasteiger partial charge in [-0.1, -0.05) is 0 Å². The Morgan fingerprint density at radius 2 is 2.37 bits per heavy atom. The molecule has 1 aromatic heterocycles. The zero-order valence-corrected chi connectivity index (χ0v) is 10.9. The highest BCUT2D eigenvalue weighted by Gasteiger charge is 2.34. The van der Waals surface area contributed by atoms with E-state index in [0.29, 0.717) is 31.0 Å². The summed E-state index contributed by atoms with van der Waals surface area (Å²) in [7, 11) is 0. The molecule has 19 heavy (non-hydrogen) atoms. The fourth-order valence-electron chi connectivity index (χ4n) is 2.17. The summed E-state index contributed by atoms with van der Waals surface area (Å²) in [4.78, 5) is 28.4. The van der Waals surface area contributed by atoms with Crippen molar-refractivity contribution in [2.75, 3.05) is 6.54 Å². The second kappa shape index (κ2) is 5.29. The van der Waals surface area contributed by atoms with Crippen LogP contribution < -0.4 is 5.32 Å². The zero-order chi connectivity index (χ0) is 14.0. The highest BCUT2D eigenvalue weighted by molar-refractivity contribution is 5.83. The molecule has 2 amide bonds. The van der Waals surface area contributed by atoms with Gasteiger partial charge in [0.05, 0.1) is 6.20 Å². The molecule has 2 heterocycles. The summed E-state index contributed by atoms with van der Waals surface area (Å²) in [6.45, 7) is 3.97. The molecule has 0 spiro atoms. The van der Waals surface area contributed by atoms with Crippen molar-refractivity contribution in [1.82, 2.24) is 15.2 Å². The number of urea groups is 1. The molecule has 2 N–H and O–H groups in total. The SMILES string of the molecule is Cc1cnc(C(C)NC(=O)N2CCCC2C(=O)O)o1. The Morgan fingerprint density at radius 1 is 1.63 bits per heavy atom. The number of nitrogens with zero attached hydrogens (tertiary/aromatic N) is 2. The first-order valence-corrected chi connectivity index (χ1v) is 6.21. The number of amides is 2. The van der Waals surface area contributed by atoms with Crippen molar-refractivity contribution in [3.05, 3.63) is 17.8 Å². The van der Waals surface area contributed by atoms with Crippen LogP contribution in [-0.2, 0) is 4.79 Å². The minimum Gasteiger partial charge on any atom is -0.480 e. The number of carboxylic acids is 1. The molecule has 0 aliphatic carbocycles. The van der Waals surface area contributed by atoms with Crippen molar-refractivity contribution in [3.8, 4) is 0 Å². The van der Waals surface area contributed by atoms with Gasteiger partial charge in [0.15, 0.2) is 0 Å². The molecule has 104 valence electrons. The van der Waals surface area contributed by atoms with Gasteiger partial charge in [-0.2, -0.15) is 0 Å². The lowest BCUT2D eigenvalue weighted by atomic mass is 10.2. The maximum absolute atomic E-state index is 12.0. The summed E-state index contributed by atoms with van der Waals surface area (Å²) < 4.78 is 5.32. The summed E-state index contributed by atoms with van der Waals surface area (Å²) in [5, 5.41) is 11.7. The van der Waals surface area contributed by atoms with Gasteiger partial charge >= 0.3 is 12.0 Å². The van der Waals surface area contributed by atoms with Crippen LogP contribution in [0.3, 0.4) is 0 Å². The number of hydrogen-bond donors (Lipinski definition) is 2. The van der Waals surface area contributed by atoms with Crippen LogP contribution in [0.2, 0.25) is 0 Å². The number of carbonyl (C=O) groups excluding carboxylic acids is 1. The van der Waals surface area contributed by atoms with Crippen LogP contribution in [0.5, 0.6) is 0 Å². The standard InChI is InChI=1S/C12H17N3O4/c1-7-6-13-10(19-7)8(2)14-12(18)15-5-3-4-9(15)11(16)17/h6,8-9H,3-5H2,1-2H3,(H,14,18)(H,16,17). The summed E-state index contributed by atoms with van der Waals surface area (Å²) in [6.07, 6.45) is 2.78. The second-order valence-electron chi connectivity index (χ2n) is 4.67. The number of aryl methyl sites for hydroxylation is 1. The van der Waals surface area contributed by atoms with Crippen molar-refractivity contribution in [2.24, 2.45) is 0 Å². The van der Waals surface area contributed by atoms with Crippen LogP contribution in [0, 0.1) is 6.92 Å². The number of carboxylic acid groups (broad SMARTS) is 1. The number of carbonyl (C=O) groups is 2. The Labute approximate surface area is 110 Å². The Morgan fingerprint density at radius 3 is 2.95 bits per heavy atom. The Hall–Kier alpha value is -2.05. The lowest BCUT2D eigenvalue weighted by Crippen LogP contribution is -2.46. The first-order valence-electron chi connectivity index (χ1n) is 6.21. The number of hydrogen-bond acceptors (Lipinski definition) is 4. The summed E-state index contributed by atoms with van der Waals surface area (Å²) >= 11 is 0. The third kappa shape index (κ3) is 2.86. The van der Waals surface area contributed by atoms with Crippen LogP contribution in [-0.4, -0.2) is 39.6 Å². The molecule has 7 heteroatoms. The van der Waals surface area contributed by atoms with E-state index in [4.69, 9.17) is 9.52 Å². The van der Waals surface area contributed by atoms with Gasteiger partial charge in [-0.25, -0.2) is 14.6 Å². The molecule has 1 fully saturated rings. The van der Waals surface area contributed by atoms with Gasteiger partial charge in [0.1, 0.15) is 17.8 Å². The molecule has 2 rings (SSSR count). The highest BCUT2D eigenvalue weighted by atomic mass is 16.4. The van der Waals surface area contributed by atoms with E-state index < -0.39 is 24.1 Å². The van der Waals surface area contributed by atoms with E-state index in [1.807, 2.05) is 0 Å². The van der Waals surface area contributed by atoms with Gasteiger partial charge in [0.2, 0.25) is 5.89 Å². The van der Waals surface area contributed by atoms with E-state index in [9.17, 15) is 9.59 Å². The number of nitrogens with one attached hydrogen (secondary N) is 1. The largest absolute Gasteiger partial charge is 0.480 e. The molecular formula is C12H17N3O4. The molecule has 2 unspecified atom stereocenters. The molecule has 1 aromatic rings. The predicted molar refractivity (Wildman–Crippen MR) is 65.6 cm³/mol. The van der Waals surface area contributed by atoms with E-state index >= 15 is 0 Å². The monoisotopic (exact) mass is 267 g/mol. The maximum atomic E-state index is 12.0. The molecule has 1 aliphatic rings.